The Morgan fingerprint density at radius 2 is 1.82 bits per heavy atom. The van der Waals surface area contributed by atoms with E-state index in [4.69, 9.17) is 25.1 Å². The first-order valence-corrected chi connectivity index (χ1v) is 16.1. The van der Waals surface area contributed by atoms with Crippen LogP contribution < -0.4 is 10.5 Å². The van der Waals surface area contributed by atoms with Crippen molar-refractivity contribution in [2.24, 2.45) is 17.6 Å². The van der Waals surface area contributed by atoms with Gasteiger partial charge in [-0.3, -0.25) is 19.2 Å². The average Bonchev–Trinajstić information content (AvgIpc) is 3.26. The highest BCUT2D eigenvalue weighted by molar-refractivity contribution is 6.30. The zero-order valence-corrected chi connectivity index (χ0v) is 28.2. The minimum Gasteiger partial charge on any atom is -0.508 e. The summed E-state index contributed by atoms with van der Waals surface area (Å²) >= 11 is 0. The van der Waals surface area contributed by atoms with E-state index in [-0.39, 0.29) is 60.8 Å². The van der Waals surface area contributed by atoms with Gasteiger partial charge in [-0.05, 0) is 50.2 Å². The number of fused-ring (bicyclic) bond motifs is 1. The van der Waals surface area contributed by atoms with Gasteiger partial charge in [0.2, 0.25) is 5.78 Å². The minimum atomic E-state index is -0.968. The molecular weight excluding hydrogens is 660 g/mol. The van der Waals surface area contributed by atoms with E-state index in [0.29, 0.717) is 31.3 Å². The lowest BCUT2D eigenvalue weighted by Crippen LogP contribution is -2.51. The van der Waals surface area contributed by atoms with E-state index in [2.05, 4.69) is 11.4 Å². The van der Waals surface area contributed by atoms with Crippen molar-refractivity contribution in [3.63, 3.8) is 0 Å². The minimum absolute atomic E-state index is 0.000857. The van der Waals surface area contributed by atoms with E-state index < -0.39 is 76.0 Å². The zero-order valence-electron chi connectivity index (χ0n) is 28.2. The number of rotatable bonds is 11. The molecular formula is C34H44N2O14. The number of aliphatic hydroxyl groups is 4. The Bertz CT molecular complexity index is 1540. The summed E-state index contributed by atoms with van der Waals surface area (Å²) in [5.41, 5.74) is 4.95. The van der Waals surface area contributed by atoms with Gasteiger partial charge in [-0.15, -0.1) is 10.1 Å². The van der Waals surface area contributed by atoms with Gasteiger partial charge in [-0.1, -0.05) is 32.1 Å². The van der Waals surface area contributed by atoms with Gasteiger partial charge in [-0.25, -0.2) is 0 Å². The van der Waals surface area contributed by atoms with Crippen LogP contribution in [-0.2, 0) is 23.9 Å². The molecule has 0 amide bonds. The number of benzene rings is 1. The second kappa shape index (κ2) is 17.8. The Kier molecular flexibility index (Phi) is 14.2. The molecule has 0 aromatic heterocycles. The third kappa shape index (κ3) is 9.74. The molecule has 16 heteroatoms. The third-order valence-electron chi connectivity index (χ3n) is 8.82. The number of methoxy groups -OCH3 is 1. The molecule has 3 aliphatic rings. The van der Waals surface area contributed by atoms with Gasteiger partial charge in [0, 0.05) is 30.4 Å². The van der Waals surface area contributed by atoms with E-state index in [1.807, 2.05) is 6.92 Å². The number of carbonyl (C=O) groups is 4. The molecule has 1 aliphatic heterocycles. The summed E-state index contributed by atoms with van der Waals surface area (Å²) in [7, 11) is 1.34. The number of ketones is 3. The van der Waals surface area contributed by atoms with Crippen molar-refractivity contribution in [3.8, 4) is 5.75 Å². The summed E-state index contributed by atoms with van der Waals surface area (Å²) in [5.74, 6) is -4.49. The average molecular weight is 705 g/mol. The maximum Gasteiger partial charge on any atom is 0.306 e. The fraction of sp³-hybridized carbons (Fsp3) is 0.529. The molecule has 2 fully saturated rings. The first-order chi connectivity index (χ1) is 23.6. The maximum absolute atomic E-state index is 13.6. The van der Waals surface area contributed by atoms with Gasteiger partial charge in [0.15, 0.2) is 17.9 Å². The Balaban J connectivity index is 0.000000578. The zero-order chi connectivity index (χ0) is 37.3. The molecule has 1 saturated carbocycles. The number of Topliss-reactive ketones (excluding diaryl/α,β-unsaturated/α-hetero) is 3. The predicted molar refractivity (Wildman–Crippen MR) is 175 cm³/mol. The molecule has 1 aromatic carbocycles. The first kappa shape index (κ1) is 39.8. The highest BCUT2D eigenvalue weighted by Gasteiger charge is 2.40. The molecule has 0 spiro atoms. The molecule has 1 saturated heterocycles. The molecule has 4 rings (SSSR count). The van der Waals surface area contributed by atoms with Crippen LogP contribution in [0.15, 0.2) is 53.0 Å². The van der Waals surface area contributed by atoms with Crippen LogP contribution in [0.1, 0.15) is 79.5 Å². The van der Waals surface area contributed by atoms with Gasteiger partial charge in [0.05, 0.1) is 42.6 Å². The lowest BCUT2D eigenvalue weighted by molar-refractivity contribution is -0.757. The van der Waals surface area contributed by atoms with Crippen molar-refractivity contribution in [3.05, 3.63) is 74.3 Å². The number of nitrogens with two attached hydrogens (primary N) is 1. The molecule has 2 aliphatic carbocycles. The van der Waals surface area contributed by atoms with E-state index in [1.54, 1.807) is 6.92 Å². The standard InChI is InChI=1S/C28H31NO11.C6H13NO3/c1-15-7-4-8-17(20(31)14-39-22(32)11-6-12-40-29(36)37)13-19(15)27(34)25-23(16(2)30)28(35)24-18(26(25)33)9-5-10-21(24)38-3;1-3-6(9)4(7)2-5(8)10-3/h5,9-10,15,17,30,34H,2,4,6-8,11-14H2,1,3H3;3-6,8-9H,2,7H2,1H3/b27-19+;. The van der Waals surface area contributed by atoms with Gasteiger partial charge in [-0.2, -0.15) is 0 Å². The van der Waals surface area contributed by atoms with Crippen LogP contribution in [0.4, 0.5) is 0 Å². The van der Waals surface area contributed by atoms with Crippen molar-refractivity contribution in [2.45, 2.75) is 83.3 Å². The van der Waals surface area contributed by atoms with Gasteiger partial charge >= 0.3 is 5.97 Å². The number of nitrogens with zero attached hydrogens (tertiary/aromatic N) is 1. The van der Waals surface area contributed by atoms with Gasteiger partial charge in [0.25, 0.3) is 5.09 Å². The van der Waals surface area contributed by atoms with Crippen LogP contribution in [0.3, 0.4) is 0 Å². The van der Waals surface area contributed by atoms with Crippen molar-refractivity contribution in [2.75, 3.05) is 20.3 Å². The van der Waals surface area contributed by atoms with Crippen molar-refractivity contribution < 1.29 is 63.7 Å². The molecule has 1 aromatic rings. The molecule has 0 radical (unpaired) electrons. The van der Waals surface area contributed by atoms with Gasteiger partial charge in [0.1, 0.15) is 23.9 Å². The summed E-state index contributed by atoms with van der Waals surface area (Å²) in [6.45, 7) is 6.15. The number of aliphatic hydroxyl groups excluding tert-OH is 4. The van der Waals surface area contributed by atoms with Gasteiger partial charge < -0.3 is 45.2 Å². The highest BCUT2D eigenvalue weighted by Crippen LogP contribution is 2.41. The van der Waals surface area contributed by atoms with Crippen LogP contribution in [-0.4, -0.2) is 93.7 Å². The maximum atomic E-state index is 13.6. The highest BCUT2D eigenvalue weighted by atomic mass is 16.9. The second-order valence-electron chi connectivity index (χ2n) is 12.3. The summed E-state index contributed by atoms with van der Waals surface area (Å²) < 4.78 is 15.2. The van der Waals surface area contributed by atoms with Crippen molar-refractivity contribution in [1.82, 2.24) is 0 Å². The first-order valence-electron chi connectivity index (χ1n) is 16.1. The molecule has 16 nitrogen and oxygen atoms in total. The largest absolute Gasteiger partial charge is 0.508 e. The van der Waals surface area contributed by atoms with Crippen LogP contribution in [0.25, 0.3) is 0 Å². The molecule has 6 N–H and O–H groups in total. The molecule has 1 heterocycles. The summed E-state index contributed by atoms with van der Waals surface area (Å²) in [6.07, 6.45) is 0.0487. The van der Waals surface area contributed by atoms with E-state index >= 15 is 0 Å². The molecule has 6 unspecified atom stereocenters. The molecule has 50 heavy (non-hydrogen) atoms. The fourth-order valence-electron chi connectivity index (χ4n) is 6.09. The van der Waals surface area contributed by atoms with Crippen LogP contribution in [0, 0.1) is 22.0 Å². The normalized spacial score (nSPS) is 26.0. The quantitative estimate of drug-likeness (QED) is 0.0554. The fourth-order valence-corrected chi connectivity index (χ4v) is 6.09. The summed E-state index contributed by atoms with van der Waals surface area (Å²) in [4.78, 5) is 66.1. The Labute approximate surface area is 288 Å². The summed E-state index contributed by atoms with van der Waals surface area (Å²) in [6, 6.07) is 4.09. The number of hydrogen-bond donors (Lipinski definition) is 5. The Morgan fingerprint density at radius 3 is 2.44 bits per heavy atom. The topological polar surface area (TPSA) is 255 Å². The smallest absolute Gasteiger partial charge is 0.306 e. The summed E-state index contributed by atoms with van der Waals surface area (Å²) in [5, 5.41) is 49.1. The van der Waals surface area contributed by atoms with Crippen LogP contribution >= 0.6 is 0 Å². The van der Waals surface area contributed by atoms with E-state index in [1.165, 1.54) is 25.3 Å². The Hall–Kier alpha value is -4.64. The lowest BCUT2D eigenvalue weighted by Gasteiger charge is -2.33. The van der Waals surface area contributed by atoms with Crippen molar-refractivity contribution >= 4 is 23.3 Å². The third-order valence-corrected chi connectivity index (χ3v) is 8.82. The second-order valence-corrected chi connectivity index (χ2v) is 12.3. The number of carbonyl (C=O) groups excluding carboxylic acids is 4. The van der Waals surface area contributed by atoms with Crippen LogP contribution in [0.2, 0.25) is 0 Å². The molecule has 0 bridgehead atoms. The van der Waals surface area contributed by atoms with E-state index in [9.17, 15) is 44.6 Å². The SMILES string of the molecule is C=C(O)C1=C(/C(O)=C2/CC(C(=O)COC(=O)CCCO[N+](=O)[O-])CCCC2C)C(=O)c2cccc(OC)c2C1=O.CC1OC(O)CC(N)C1O. The predicted octanol–water partition coefficient (Wildman–Crippen LogP) is 2.98. The lowest BCUT2D eigenvalue weighted by atomic mass is 9.79. The number of hydrogen-bond acceptors (Lipinski definition) is 15. The molecule has 6 atom stereocenters. The van der Waals surface area contributed by atoms with Crippen molar-refractivity contribution in [1.29, 1.82) is 0 Å². The van der Waals surface area contributed by atoms with E-state index in [0.717, 1.165) is 0 Å². The van der Waals surface area contributed by atoms with Crippen LogP contribution in [0.5, 0.6) is 5.75 Å². The molecule has 274 valence electrons. The number of esters is 1. The monoisotopic (exact) mass is 704 g/mol. The number of ether oxygens (including phenoxy) is 3. The number of allylic oxidation sites excluding steroid dienone is 3. The Morgan fingerprint density at radius 1 is 1.12 bits per heavy atom.